The van der Waals surface area contributed by atoms with Crippen molar-refractivity contribution in [3.05, 3.63) is 76.8 Å². The molecule has 2 N–H and O–H groups in total. The maximum absolute atomic E-state index is 13.7. The lowest BCUT2D eigenvalue weighted by atomic mass is 9.81. The highest BCUT2D eigenvalue weighted by Gasteiger charge is 2.44. The number of benzene rings is 2. The van der Waals surface area contributed by atoms with Crippen LogP contribution in [0.25, 0.3) is 0 Å². The predicted molar refractivity (Wildman–Crippen MR) is 159 cm³/mol. The van der Waals surface area contributed by atoms with E-state index in [2.05, 4.69) is 11.0 Å². The molecule has 222 valence electrons. The van der Waals surface area contributed by atoms with Crippen molar-refractivity contribution < 1.29 is 27.5 Å². The Kier molecular flexibility index (Phi) is 9.27. The van der Waals surface area contributed by atoms with Gasteiger partial charge in [0.15, 0.2) is 9.84 Å². The van der Waals surface area contributed by atoms with Gasteiger partial charge in [0, 0.05) is 18.8 Å². The highest BCUT2D eigenvalue weighted by Crippen LogP contribution is 2.45. The topological polar surface area (TPSA) is 143 Å². The number of nitrogens with two attached hydrogens (primary N) is 1. The number of ether oxygens (including phenoxy) is 2. The number of sulfone groups is 1. The van der Waals surface area contributed by atoms with Crippen molar-refractivity contribution in [1.29, 1.82) is 5.26 Å². The number of anilines is 2. The van der Waals surface area contributed by atoms with Gasteiger partial charge in [-0.3, -0.25) is 4.90 Å². The third-order valence-corrected chi connectivity index (χ3v) is 9.89. The van der Waals surface area contributed by atoms with Gasteiger partial charge in [-0.25, -0.2) is 18.0 Å². The minimum Gasteiger partial charge on any atom is -0.466 e. The molecule has 0 amide bonds. The summed E-state index contributed by atoms with van der Waals surface area (Å²) in [6.45, 7) is 4.65. The summed E-state index contributed by atoms with van der Waals surface area (Å²) in [6, 6.07) is 15.7. The molecule has 1 fully saturated rings. The number of hydrogen-bond acceptors (Lipinski definition) is 10. The molecule has 1 saturated heterocycles. The number of hydrogen-bond donors (Lipinski definition) is 1. The lowest BCUT2D eigenvalue weighted by Gasteiger charge is -2.37. The molecule has 1 atom stereocenters. The molecule has 11 heteroatoms. The number of rotatable bonds is 7. The number of nitrogens with zero attached hydrogens (tertiary/aromatic N) is 3. The SMILES string of the molecule is COC(=O)C1=C(C(=O)OC)N(c2cc(N3CCCCCC3)ccc2S(=O)(=O)C(C)C)C(N)=C(C#N)C1c1ccccc1. The number of nitriles is 1. The summed E-state index contributed by atoms with van der Waals surface area (Å²) < 4.78 is 37.7. The minimum atomic E-state index is -3.94. The number of allylic oxidation sites excluding steroid dienone is 1. The van der Waals surface area contributed by atoms with E-state index in [9.17, 15) is 23.3 Å². The number of carbonyl (C=O) groups is 2. The van der Waals surface area contributed by atoms with E-state index in [1.807, 2.05) is 0 Å². The van der Waals surface area contributed by atoms with Gasteiger partial charge in [-0.1, -0.05) is 43.2 Å². The maximum Gasteiger partial charge on any atom is 0.355 e. The van der Waals surface area contributed by atoms with Gasteiger partial charge in [-0.2, -0.15) is 5.26 Å². The van der Waals surface area contributed by atoms with Crippen LogP contribution in [0.2, 0.25) is 0 Å². The van der Waals surface area contributed by atoms with Gasteiger partial charge < -0.3 is 20.1 Å². The first-order chi connectivity index (χ1) is 20.1. The van der Waals surface area contributed by atoms with Crippen LogP contribution in [0.15, 0.2) is 76.1 Å². The lowest BCUT2D eigenvalue weighted by molar-refractivity contribution is -0.139. The molecule has 0 aromatic heterocycles. The minimum absolute atomic E-state index is 0.0395. The summed E-state index contributed by atoms with van der Waals surface area (Å²) in [7, 11) is -1.62. The molecule has 1 unspecified atom stereocenters. The van der Waals surface area contributed by atoms with Crippen LogP contribution >= 0.6 is 0 Å². The van der Waals surface area contributed by atoms with Crippen molar-refractivity contribution in [3.63, 3.8) is 0 Å². The van der Waals surface area contributed by atoms with E-state index in [1.54, 1.807) is 56.3 Å². The van der Waals surface area contributed by atoms with Crippen LogP contribution in [-0.4, -0.2) is 52.9 Å². The van der Waals surface area contributed by atoms with E-state index < -0.39 is 32.9 Å². The molecular weight excluding hydrogens is 556 g/mol. The average molecular weight is 593 g/mol. The molecule has 2 heterocycles. The molecule has 10 nitrogen and oxygen atoms in total. The van der Waals surface area contributed by atoms with Crippen molar-refractivity contribution in [3.8, 4) is 6.07 Å². The highest BCUT2D eigenvalue weighted by molar-refractivity contribution is 7.92. The van der Waals surface area contributed by atoms with E-state index in [0.717, 1.165) is 51.6 Å². The zero-order valence-corrected chi connectivity index (χ0v) is 25.1. The first kappa shape index (κ1) is 30.7. The normalized spacial score (nSPS) is 18.0. The Balaban J connectivity index is 2.12. The lowest BCUT2D eigenvalue weighted by Crippen LogP contribution is -2.41. The Hall–Kier alpha value is -4.30. The van der Waals surface area contributed by atoms with Gasteiger partial charge in [0.05, 0.1) is 53.2 Å². The molecular formula is C31H36N4O6S. The Bertz CT molecular complexity index is 1570. The van der Waals surface area contributed by atoms with Gasteiger partial charge in [-0.05, 0) is 50.5 Å². The second-order valence-corrected chi connectivity index (χ2v) is 13.0. The van der Waals surface area contributed by atoms with Crippen LogP contribution in [-0.2, 0) is 28.9 Å². The number of carbonyl (C=O) groups excluding carboxylic acids is 2. The first-order valence-corrected chi connectivity index (χ1v) is 15.4. The van der Waals surface area contributed by atoms with Crippen molar-refractivity contribution in [2.24, 2.45) is 5.73 Å². The van der Waals surface area contributed by atoms with Crippen molar-refractivity contribution in [2.45, 2.75) is 55.6 Å². The highest BCUT2D eigenvalue weighted by atomic mass is 32.2. The van der Waals surface area contributed by atoms with Crippen LogP contribution in [0.5, 0.6) is 0 Å². The largest absolute Gasteiger partial charge is 0.466 e. The number of methoxy groups -OCH3 is 2. The maximum atomic E-state index is 13.7. The zero-order chi connectivity index (χ0) is 30.6. The van der Waals surface area contributed by atoms with E-state index in [0.29, 0.717) is 5.56 Å². The molecule has 2 aromatic rings. The van der Waals surface area contributed by atoms with Crippen LogP contribution in [0.3, 0.4) is 0 Å². The summed E-state index contributed by atoms with van der Waals surface area (Å²) in [5.41, 5.74) is 7.46. The standard InChI is InChI=1S/C31H36N4O6S/c1-20(2)42(38,39)25-15-14-22(34-16-10-5-6-11-17-34)18-24(25)35-28(31(37)41-4)27(30(36)40-3)26(23(19-32)29(35)33)21-12-8-7-9-13-21/h7-9,12-15,18,20,26H,5-6,10-11,16-17,33H2,1-4H3. The molecule has 0 aliphatic carbocycles. The van der Waals surface area contributed by atoms with Crippen molar-refractivity contribution in [1.82, 2.24) is 0 Å². The smallest absolute Gasteiger partial charge is 0.355 e. The second kappa shape index (κ2) is 12.7. The fourth-order valence-electron chi connectivity index (χ4n) is 5.46. The average Bonchev–Trinajstić information content (AvgIpc) is 3.29. The quantitative estimate of drug-likeness (QED) is 0.466. The van der Waals surface area contributed by atoms with Crippen LogP contribution in [0.1, 0.15) is 51.0 Å². The van der Waals surface area contributed by atoms with Crippen LogP contribution < -0.4 is 15.5 Å². The first-order valence-electron chi connectivity index (χ1n) is 13.9. The Morgan fingerprint density at radius 3 is 2.14 bits per heavy atom. The van der Waals surface area contributed by atoms with Crippen molar-refractivity contribution >= 4 is 33.2 Å². The van der Waals surface area contributed by atoms with Crippen molar-refractivity contribution in [2.75, 3.05) is 37.1 Å². The fraction of sp³-hybridized carbons (Fsp3) is 0.387. The second-order valence-electron chi connectivity index (χ2n) is 10.5. The number of esters is 2. The van der Waals surface area contributed by atoms with Gasteiger partial charge in [0.1, 0.15) is 11.5 Å². The summed E-state index contributed by atoms with van der Waals surface area (Å²) in [5, 5.41) is 9.58. The van der Waals surface area contributed by atoms with E-state index in [-0.39, 0.29) is 33.2 Å². The van der Waals surface area contributed by atoms with Crippen LogP contribution in [0, 0.1) is 11.3 Å². The fourth-order valence-corrected chi connectivity index (χ4v) is 6.67. The van der Waals surface area contributed by atoms with Gasteiger partial charge in [-0.15, -0.1) is 0 Å². The summed E-state index contributed by atoms with van der Waals surface area (Å²) in [4.78, 5) is 30.3. The molecule has 2 aromatic carbocycles. The molecule has 0 spiro atoms. The summed E-state index contributed by atoms with van der Waals surface area (Å²) in [6.07, 6.45) is 4.14. The third-order valence-electron chi connectivity index (χ3n) is 7.69. The van der Waals surface area contributed by atoms with Crippen LogP contribution in [0.4, 0.5) is 11.4 Å². The molecule has 4 rings (SSSR count). The molecule has 42 heavy (non-hydrogen) atoms. The Labute approximate surface area is 246 Å². The van der Waals surface area contributed by atoms with E-state index >= 15 is 0 Å². The summed E-state index contributed by atoms with van der Waals surface area (Å²) in [5.74, 6) is -3.07. The predicted octanol–water partition coefficient (Wildman–Crippen LogP) is 4.15. The molecule has 0 saturated carbocycles. The molecule has 0 bridgehead atoms. The summed E-state index contributed by atoms with van der Waals surface area (Å²) >= 11 is 0. The van der Waals surface area contributed by atoms with E-state index in [4.69, 9.17) is 15.2 Å². The monoisotopic (exact) mass is 592 g/mol. The molecule has 0 radical (unpaired) electrons. The zero-order valence-electron chi connectivity index (χ0n) is 24.3. The molecule has 2 aliphatic rings. The third kappa shape index (κ3) is 5.59. The molecule has 2 aliphatic heterocycles. The van der Waals surface area contributed by atoms with Gasteiger partial charge >= 0.3 is 11.9 Å². The van der Waals surface area contributed by atoms with E-state index in [1.165, 1.54) is 18.1 Å². The Morgan fingerprint density at radius 2 is 1.60 bits per heavy atom. The van der Waals surface area contributed by atoms with Gasteiger partial charge in [0.25, 0.3) is 0 Å². The van der Waals surface area contributed by atoms with Gasteiger partial charge in [0.2, 0.25) is 0 Å². The Morgan fingerprint density at radius 1 is 0.976 bits per heavy atom.